The number of anilines is 1. The van der Waals surface area contributed by atoms with Crippen molar-refractivity contribution in [2.75, 3.05) is 18.4 Å². The first-order valence-electron chi connectivity index (χ1n) is 10.7. The quantitative estimate of drug-likeness (QED) is 0.558. The third kappa shape index (κ3) is 5.36. The Bertz CT molecular complexity index is 1130. The molecule has 9 heteroatoms. The second-order valence-corrected chi connectivity index (χ2v) is 8.20. The number of halogens is 3. The summed E-state index contributed by atoms with van der Waals surface area (Å²) in [5.74, 6) is -0.555. The van der Waals surface area contributed by atoms with Gasteiger partial charge in [-0.05, 0) is 75.7 Å². The standard InChI is InChI=1S/C24H25F3N4O2/c1-15-3-8-21(16(2)13-15)31-22(17-9-11-28-12-10-17)20(14-29-31)23(32)30-18-4-6-19(7-5-18)33-24(25,26)27/h3-8,13-14,17,28H,9-12H2,1-2H3,(H,30,32). The lowest BCUT2D eigenvalue weighted by molar-refractivity contribution is -0.274. The molecule has 4 rings (SSSR count). The molecular formula is C24H25F3N4O2. The van der Waals surface area contributed by atoms with Crippen LogP contribution in [0.1, 0.15) is 45.9 Å². The lowest BCUT2D eigenvalue weighted by atomic mass is 9.91. The van der Waals surface area contributed by atoms with Crippen molar-refractivity contribution in [2.24, 2.45) is 0 Å². The van der Waals surface area contributed by atoms with Crippen LogP contribution in [0.25, 0.3) is 5.69 Å². The Labute approximate surface area is 189 Å². The van der Waals surface area contributed by atoms with Crippen molar-refractivity contribution < 1.29 is 22.7 Å². The monoisotopic (exact) mass is 458 g/mol. The van der Waals surface area contributed by atoms with E-state index in [2.05, 4.69) is 26.5 Å². The molecule has 174 valence electrons. The molecule has 33 heavy (non-hydrogen) atoms. The molecule has 0 spiro atoms. The maximum atomic E-state index is 13.2. The Morgan fingerprint density at radius 3 is 2.45 bits per heavy atom. The Hall–Kier alpha value is -3.33. The third-order valence-electron chi connectivity index (χ3n) is 5.70. The summed E-state index contributed by atoms with van der Waals surface area (Å²) < 4.78 is 42.9. The molecule has 1 saturated heterocycles. The first-order chi connectivity index (χ1) is 15.7. The van der Waals surface area contributed by atoms with Gasteiger partial charge in [0.2, 0.25) is 0 Å². The predicted octanol–water partition coefficient (Wildman–Crippen LogP) is 5.11. The maximum absolute atomic E-state index is 13.2. The van der Waals surface area contributed by atoms with Gasteiger partial charge in [-0.15, -0.1) is 13.2 Å². The van der Waals surface area contributed by atoms with Crippen LogP contribution < -0.4 is 15.4 Å². The number of aromatic nitrogens is 2. The topological polar surface area (TPSA) is 68.2 Å². The van der Waals surface area contributed by atoms with E-state index in [1.54, 1.807) is 6.20 Å². The zero-order valence-electron chi connectivity index (χ0n) is 18.4. The van der Waals surface area contributed by atoms with Gasteiger partial charge in [0.05, 0.1) is 23.1 Å². The van der Waals surface area contributed by atoms with E-state index in [0.29, 0.717) is 11.3 Å². The smallest absolute Gasteiger partial charge is 0.406 e. The van der Waals surface area contributed by atoms with Crippen LogP contribution in [0.3, 0.4) is 0 Å². The number of amides is 1. The molecule has 1 aliphatic rings. The van der Waals surface area contributed by atoms with Crippen molar-refractivity contribution in [3.63, 3.8) is 0 Å². The third-order valence-corrected chi connectivity index (χ3v) is 5.70. The number of rotatable bonds is 5. The average molecular weight is 458 g/mol. The average Bonchev–Trinajstić information content (AvgIpc) is 3.20. The SMILES string of the molecule is Cc1ccc(-n2ncc(C(=O)Nc3ccc(OC(F)(F)F)cc3)c2C2CCNCC2)c(C)c1. The van der Waals surface area contributed by atoms with Crippen LogP contribution in [-0.2, 0) is 0 Å². The second kappa shape index (κ2) is 9.27. The zero-order chi connectivity index (χ0) is 23.6. The van der Waals surface area contributed by atoms with E-state index in [1.165, 1.54) is 12.1 Å². The summed E-state index contributed by atoms with van der Waals surface area (Å²) in [5.41, 5.74) is 4.78. The van der Waals surface area contributed by atoms with E-state index in [0.717, 1.165) is 60.6 Å². The van der Waals surface area contributed by atoms with E-state index in [4.69, 9.17) is 0 Å². The fourth-order valence-electron chi connectivity index (χ4n) is 4.19. The van der Waals surface area contributed by atoms with Gasteiger partial charge < -0.3 is 15.4 Å². The highest BCUT2D eigenvalue weighted by Crippen LogP contribution is 2.32. The van der Waals surface area contributed by atoms with Gasteiger partial charge in [0.15, 0.2) is 0 Å². The zero-order valence-corrected chi connectivity index (χ0v) is 18.4. The van der Waals surface area contributed by atoms with Crippen LogP contribution in [0.15, 0.2) is 48.7 Å². The lowest BCUT2D eigenvalue weighted by Gasteiger charge is -2.25. The van der Waals surface area contributed by atoms with E-state index in [-0.39, 0.29) is 17.6 Å². The number of nitrogens with zero attached hydrogens (tertiary/aromatic N) is 2. The summed E-state index contributed by atoms with van der Waals surface area (Å²) in [5, 5.41) is 10.7. The molecule has 0 aliphatic carbocycles. The number of benzene rings is 2. The van der Waals surface area contributed by atoms with E-state index < -0.39 is 6.36 Å². The number of aryl methyl sites for hydroxylation is 2. The Balaban J connectivity index is 1.64. The van der Waals surface area contributed by atoms with Crippen LogP contribution in [0.2, 0.25) is 0 Å². The van der Waals surface area contributed by atoms with Gasteiger partial charge in [0, 0.05) is 11.6 Å². The number of hydrogen-bond donors (Lipinski definition) is 2. The largest absolute Gasteiger partial charge is 0.573 e. The number of nitrogens with one attached hydrogen (secondary N) is 2. The highest BCUT2D eigenvalue weighted by molar-refractivity contribution is 6.05. The van der Waals surface area contributed by atoms with Gasteiger partial charge in [0.25, 0.3) is 5.91 Å². The molecule has 0 saturated carbocycles. The highest BCUT2D eigenvalue weighted by atomic mass is 19.4. The summed E-state index contributed by atoms with van der Waals surface area (Å²) >= 11 is 0. The molecule has 6 nitrogen and oxygen atoms in total. The second-order valence-electron chi connectivity index (χ2n) is 8.20. The summed E-state index contributed by atoms with van der Waals surface area (Å²) in [4.78, 5) is 13.2. The molecule has 1 fully saturated rings. The molecular weight excluding hydrogens is 433 g/mol. The number of ether oxygens (including phenoxy) is 1. The summed E-state index contributed by atoms with van der Waals surface area (Å²) in [6.07, 6.45) is -1.45. The Morgan fingerprint density at radius 2 is 1.82 bits per heavy atom. The minimum Gasteiger partial charge on any atom is -0.406 e. The van der Waals surface area contributed by atoms with Crippen LogP contribution >= 0.6 is 0 Å². The van der Waals surface area contributed by atoms with Gasteiger partial charge in [0.1, 0.15) is 5.75 Å². The van der Waals surface area contributed by atoms with Crippen molar-refractivity contribution >= 4 is 11.6 Å². The minimum atomic E-state index is -4.77. The van der Waals surface area contributed by atoms with Crippen LogP contribution in [0.5, 0.6) is 5.75 Å². The Kier molecular flexibility index (Phi) is 6.42. The van der Waals surface area contributed by atoms with Gasteiger partial charge in [-0.1, -0.05) is 17.7 Å². The number of alkyl halides is 3. The van der Waals surface area contributed by atoms with Gasteiger partial charge >= 0.3 is 6.36 Å². The van der Waals surface area contributed by atoms with Crippen LogP contribution in [0.4, 0.5) is 18.9 Å². The fourth-order valence-corrected chi connectivity index (χ4v) is 4.19. The summed E-state index contributed by atoms with van der Waals surface area (Å²) in [7, 11) is 0. The number of hydrogen-bond acceptors (Lipinski definition) is 4. The highest BCUT2D eigenvalue weighted by Gasteiger charge is 2.31. The van der Waals surface area contributed by atoms with Crippen molar-refractivity contribution in [2.45, 2.75) is 39.0 Å². The molecule has 0 bridgehead atoms. The number of carbonyl (C=O) groups excluding carboxylic acids is 1. The van der Waals surface area contributed by atoms with Crippen LogP contribution in [0, 0.1) is 13.8 Å². The van der Waals surface area contributed by atoms with Crippen LogP contribution in [-0.4, -0.2) is 35.1 Å². The predicted molar refractivity (Wildman–Crippen MR) is 119 cm³/mol. The number of carbonyl (C=O) groups is 1. The fraction of sp³-hybridized carbons (Fsp3) is 0.333. The van der Waals surface area contributed by atoms with Gasteiger partial charge in [-0.3, -0.25) is 4.79 Å². The molecule has 1 amide bonds. The molecule has 0 unspecified atom stereocenters. The van der Waals surface area contributed by atoms with E-state index in [9.17, 15) is 18.0 Å². The van der Waals surface area contributed by atoms with Crippen molar-refractivity contribution in [1.82, 2.24) is 15.1 Å². The minimum absolute atomic E-state index is 0.151. The van der Waals surface area contributed by atoms with Crippen molar-refractivity contribution in [3.8, 4) is 11.4 Å². The lowest BCUT2D eigenvalue weighted by Crippen LogP contribution is -2.29. The normalized spacial score (nSPS) is 14.8. The molecule has 0 radical (unpaired) electrons. The van der Waals surface area contributed by atoms with Crippen molar-refractivity contribution in [3.05, 3.63) is 71.0 Å². The van der Waals surface area contributed by atoms with Gasteiger partial charge in [-0.25, -0.2) is 4.68 Å². The summed E-state index contributed by atoms with van der Waals surface area (Å²) in [6.45, 7) is 5.74. The molecule has 2 heterocycles. The van der Waals surface area contributed by atoms with Crippen molar-refractivity contribution in [1.29, 1.82) is 0 Å². The first kappa shape index (κ1) is 22.8. The van der Waals surface area contributed by atoms with E-state index >= 15 is 0 Å². The summed E-state index contributed by atoms with van der Waals surface area (Å²) in [6, 6.07) is 11.2. The molecule has 2 N–H and O–H groups in total. The molecule has 1 aromatic heterocycles. The maximum Gasteiger partial charge on any atom is 0.573 e. The van der Waals surface area contributed by atoms with E-state index in [1.807, 2.05) is 30.7 Å². The molecule has 2 aromatic carbocycles. The number of piperidine rings is 1. The molecule has 1 aliphatic heterocycles. The molecule has 3 aromatic rings. The van der Waals surface area contributed by atoms with Gasteiger partial charge in [-0.2, -0.15) is 5.10 Å². The first-order valence-corrected chi connectivity index (χ1v) is 10.7. The molecule has 0 atom stereocenters. The Morgan fingerprint density at radius 1 is 1.12 bits per heavy atom.